The molecule has 0 aromatic carbocycles. The van der Waals surface area contributed by atoms with Crippen LogP contribution in [0.3, 0.4) is 0 Å². The monoisotopic (exact) mass is 155 g/mol. The summed E-state index contributed by atoms with van der Waals surface area (Å²) in [6, 6.07) is 0.471. The Bertz CT molecular complexity index is 142. The van der Waals surface area contributed by atoms with Crippen LogP contribution in [0, 0.1) is 0 Å². The zero-order valence-electron chi connectivity index (χ0n) is 7.47. The zero-order valence-corrected chi connectivity index (χ0v) is 7.47. The SMILES string of the molecule is CCOC1=NC(C)CCCC1. The van der Waals surface area contributed by atoms with Crippen molar-refractivity contribution in [2.24, 2.45) is 4.99 Å². The van der Waals surface area contributed by atoms with Crippen LogP contribution < -0.4 is 0 Å². The molecule has 0 radical (unpaired) electrons. The van der Waals surface area contributed by atoms with Gasteiger partial charge in [-0.2, -0.15) is 0 Å². The minimum Gasteiger partial charge on any atom is -0.481 e. The molecule has 1 rings (SSSR count). The van der Waals surface area contributed by atoms with Crippen LogP contribution in [0.1, 0.15) is 39.5 Å². The zero-order chi connectivity index (χ0) is 8.10. The Kier molecular flexibility index (Phi) is 3.40. The normalized spacial score (nSPS) is 25.6. The van der Waals surface area contributed by atoms with Crippen molar-refractivity contribution < 1.29 is 4.74 Å². The van der Waals surface area contributed by atoms with Crippen molar-refractivity contribution in [1.29, 1.82) is 0 Å². The highest BCUT2D eigenvalue weighted by atomic mass is 16.5. The molecule has 11 heavy (non-hydrogen) atoms. The van der Waals surface area contributed by atoms with Gasteiger partial charge < -0.3 is 4.74 Å². The van der Waals surface area contributed by atoms with E-state index in [-0.39, 0.29) is 0 Å². The lowest BCUT2D eigenvalue weighted by Gasteiger charge is -2.05. The molecule has 2 nitrogen and oxygen atoms in total. The minimum absolute atomic E-state index is 0.471. The summed E-state index contributed by atoms with van der Waals surface area (Å²) in [7, 11) is 0. The second kappa shape index (κ2) is 4.37. The lowest BCUT2D eigenvalue weighted by atomic mass is 10.1. The molecule has 64 valence electrons. The quantitative estimate of drug-likeness (QED) is 0.569. The van der Waals surface area contributed by atoms with Gasteiger partial charge in [0.2, 0.25) is 0 Å². The highest BCUT2D eigenvalue weighted by molar-refractivity contribution is 5.76. The lowest BCUT2D eigenvalue weighted by molar-refractivity contribution is 0.315. The number of hydrogen-bond donors (Lipinski definition) is 0. The molecule has 0 aromatic rings. The summed E-state index contributed by atoms with van der Waals surface area (Å²) in [4.78, 5) is 4.46. The molecular weight excluding hydrogens is 138 g/mol. The van der Waals surface area contributed by atoms with E-state index < -0.39 is 0 Å². The summed E-state index contributed by atoms with van der Waals surface area (Å²) >= 11 is 0. The Balaban J connectivity index is 2.45. The minimum atomic E-state index is 0.471. The molecule has 0 saturated heterocycles. The molecule has 0 aliphatic carbocycles. The van der Waals surface area contributed by atoms with E-state index in [1.54, 1.807) is 0 Å². The highest BCUT2D eigenvalue weighted by Gasteiger charge is 2.08. The summed E-state index contributed by atoms with van der Waals surface area (Å²) in [5.41, 5.74) is 0. The van der Waals surface area contributed by atoms with Crippen molar-refractivity contribution >= 4 is 5.90 Å². The van der Waals surface area contributed by atoms with Gasteiger partial charge in [-0.25, -0.2) is 0 Å². The van der Waals surface area contributed by atoms with E-state index in [0.717, 1.165) is 18.9 Å². The fourth-order valence-corrected chi connectivity index (χ4v) is 1.37. The third-order valence-corrected chi connectivity index (χ3v) is 1.94. The number of hydrogen-bond acceptors (Lipinski definition) is 2. The topological polar surface area (TPSA) is 21.6 Å². The first-order chi connectivity index (χ1) is 5.33. The predicted octanol–water partition coefficient (Wildman–Crippen LogP) is 2.38. The predicted molar refractivity (Wildman–Crippen MR) is 47.0 cm³/mol. The van der Waals surface area contributed by atoms with Crippen LogP contribution >= 0.6 is 0 Å². The van der Waals surface area contributed by atoms with Crippen molar-refractivity contribution in [3.8, 4) is 0 Å². The molecule has 0 bridgehead atoms. The Morgan fingerprint density at radius 1 is 1.55 bits per heavy atom. The maximum Gasteiger partial charge on any atom is 0.183 e. The van der Waals surface area contributed by atoms with Crippen LogP contribution in [-0.4, -0.2) is 18.5 Å². The number of aliphatic imine (C=N–C) groups is 1. The molecule has 1 aliphatic rings. The van der Waals surface area contributed by atoms with E-state index in [0.29, 0.717) is 6.04 Å². The van der Waals surface area contributed by atoms with Gasteiger partial charge in [0.25, 0.3) is 0 Å². The van der Waals surface area contributed by atoms with E-state index in [2.05, 4.69) is 11.9 Å². The molecule has 0 aromatic heterocycles. The molecule has 2 heteroatoms. The molecule has 0 saturated carbocycles. The van der Waals surface area contributed by atoms with Crippen LogP contribution in [0.25, 0.3) is 0 Å². The Morgan fingerprint density at radius 3 is 3.09 bits per heavy atom. The summed E-state index contributed by atoms with van der Waals surface area (Å²) in [5.74, 6) is 0.970. The fourth-order valence-electron chi connectivity index (χ4n) is 1.37. The van der Waals surface area contributed by atoms with Gasteiger partial charge in [0.15, 0.2) is 5.90 Å². The van der Waals surface area contributed by atoms with Crippen molar-refractivity contribution in [3.63, 3.8) is 0 Å². The van der Waals surface area contributed by atoms with Crippen LogP contribution in [0.4, 0.5) is 0 Å². The van der Waals surface area contributed by atoms with Gasteiger partial charge in [-0.1, -0.05) is 6.42 Å². The number of ether oxygens (including phenoxy) is 1. The van der Waals surface area contributed by atoms with Crippen LogP contribution in [0.2, 0.25) is 0 Å². The largest absolute Gasteiger partial charge is 0.481 e. The first-order valence-electron chi connectivity index (χ1n) is 4.52. The third-order valence-electron chi connectivity index (χ3n) is 1.94. The summed E-state index contributed by atoms with van der Waals surface area (Å²) in [6.45, 7) is 4.92. The Hall–Kier alpha value is -0.530. The average Bonchev–Trinajstić information content (AvgIpc) is 2.15. The van der Waals surface area contributed by atoms with Crippen molar-refractivity contribution in [2.75, 3.05) is 6.61 Å². The summed E-state index contributed by atoms with van der Waals surface area (Å²) < 4.78 is 5.38. The maximum atomic E-state index is 5.38. The average molecular weight is 155 g/mol. The summed E-state index contributed by atoms with van der Waals surface area (Å²) in [5, 5.41) is 0. The van der Waals surface area contributed by atoms with Crippen molar-refractivity contribution in [1.82, 2.24) is 0 Å². The van der Waals surface area contributed by atoms with Crippen molar-refractivity contribution in [3.05, 3.63) is 0 Å². The van der Waals surface area contributed by atoms with Crippen LogP contribution in [0.5, 0.6) is 0 Å². The van der Waals surface area contributed by atoms with Gasteiger partial charge in [-0.05, 0) is 26.7 Å². The lowest BCUT2D eigenvalue weighted by Crippen LogP contribution is -2.06. The molecule has 1 unspecified atom stereocenters. The Labute approximate surface area is 68.7 Å². The first kappa shape index (κ1) is 8.57. The van der Waals surface area contributed by atoms with E-state index in [4.69, 9.17) is 4.74 Å². The number of nitrogens with zero attached hydrogens (tertiary/aromatic N) is 1. The van der Waals surface area contributed by atoms with Crippen molar-refractivity contribution in [2.45, 2.75) is 45.6 Å². The second-order valence-corrected chi connectivity index (χ2v) is 3.05. The van der Waals surface area contributed by atoms with E-state index in [9.17, 15) is 0 Å². The second-order valence-electron chi connectivity index (χ2n) is 3.05. The van der Waals surface area contributed by atoms with Crippen LogP contribution in [-0.2, 0) is 4.74 Å². The van der Waals surface area contributed by atoms with Gasteiger partial charge in [0.05, 0.1) is 12.6 Å². The van der Waals surface area contributed by atoms with E-state index in [1.807, 2.05) is 6.92 Å². The molecule has 0 spiro atoms. The van der Waals surface area contributed by atoms with Gasteiger partial charge in [-0.3, -0.25) is 4.99 Å². The third kappa shape index (κ3) is 2.91. The molecule has 0 N–H and O–H groups in total. The maximum absolute atomic E-state index is 5.38. The van der Waals surface area contributed by atoms with E-state index in [1.165, 1.54) is 19.3 Å². The van der Waals surface area contributed by atoms with Crippen LogP contribution in [0.15, 0.2) is 4.99 Å². The van der Waals surface area contributed by atoms with Gasteiger partial charge in [-0.15, -0.1) is 0 Å². The number of rotatable bonds is 1. The molecule has 1 heterocycles. The molecular formula is C9H17NO. The summed E-state index contributed by atoms with van der Waals surface area (Å²) in [6.07, 6.45) is 4.79. The van der Waals surface area contributed by atoms with Gasteiger partial charge >= 0.3 is 0 Å². The Morgan fingerprint density at radius 2 is 2.36 bits per heavy atom. The fraction of sp³-hybridized carbons (Fsp3) is 0.889. The standard InChI is InChI=1S/C9H17NO/c1-3-11-9-7-5-4-6-8(2)10-9/h8H,3-7H2,1-2H3. The molecule has 1 aliphatic heterocycles. The highest BCUT2D eigenvalue weighted by Crippen LogP contribution is 2.13. The molecule has 1 atom stereocenters. The smallest absolute Gasteiger partial charge is 0.183 e. The van der Waals surface area contributed by atoms with Gasteiger partial charge in [0, 0.05) is 6.42 Å². The molecule has 0 amide bonds. The van der Waals surface area contributed by atoms with Gasteiger partial charge in [0.1, 0.15) is 0 Å². The van der Waals surface area contributed by atoms with E-state index >= 15 is 0 Å². The first-order valence-corrected chi connectivity index (χ1v) is 4.52. The molecule has 0 fully saturated rings.